The molecule has 0 aromatic carbocycles. The second kappa shape index (κ2) is 3.67. The minimum atomic E-state index is 0.104. The van der Waals surface area contributed by atoms with Gasteiger partial charge in [0.1, 0.15) is 4.88 Å². The van der Waals surface area contributed by atoms with Crippen molar-refractivity contribution in [1.29, 1.82) is 0 Å². The van der Waals surface area contributed by atoms with Crippen LogP contribution in [0, 0.1) is 0 Å². The van der Waals surface area contributed by atoms with Crippen molar-refractivity contribution < 1.29 is 4.79 Å². The molecule has 2 N–H and O–H groups in total. The molecule has 4 nitrogen and oxygen atoms in total. The van der Waals surface area contributed by atoms with Crippen molar-refractivity contribution in [2.45, 2.75) is 12.8 Å². The quantitative estimate of drug-likeness (QED) is 0.764. The molecular formula is C9H13N3OS. The van der Waals surface area contributed by atoms with Crippen LogP contribution in [0.5, 0.6) is 0 Å². The Balaban J connectivity index is 2.31. The highest BCUT2D eigenvalue weighted by atomic mass is 32.1. The SMILES string of the molecule is CN1CCc2nc(CCN)sc2C1=O. The molecule has 2 rings (SSSR count). The van der Waals surface area contributed by atoms with Gasteiger partial charge in [0, 0.05) is 26.4 Å². The Labute approximate surface area is 86.7 Å². The van der Waals surface area contributed by atoms with Gasteiger partial charge < -0.3 is 10.6 Å². The molecule has 1 aromatic heterocycles. The molecule has 14 heavy (non-hydrogen) atoms. The molecule has 0 saturated carbocycles. The highest BCUT2D eigenvalue weighted by molar-refractivity contribution is 7.13. The lowest BCUT2D eigenvalue weighted by Gasteiger charge is -2.20. The van der Waals surface area contributed by atoms with Gasteiger partial charge in [0.05, 0.1) is 10.7 Å². The molecule has 0 bridgehead atoms. The van der Waals surface area contributed by atoms with E-state index in [1.807, 2.05) is 7.05 Å². The summed E-state index contributed by atoms with van der Waals surface area (Å²) in [5.41, 5.74) is 6.41. The first-order chi connectivity index (χ1) is 6.72. The van der Waals surface area contributed by atoms with Gasteiger partial charge in [-0.05, 0) is 6.54 Å². The topological polar surface area (TPSA) is 59.2 Å². The molecule has 0 fully saturated rings. The monoisotopic (exact) mass is 211 g/mol. The summed E-state index contributed by atoms with van der Waals surface area (Å²) in [6.07, 6.45) is 1.65. The summed E-state index contributed by atoms with van der Waals surface area (Å²) in [6, 6.07) is 0. The van der Waals surface area contributed by atoms with Crippen LogP contribution in [0.3, 0.4) is 0 Å². The average molecular weight is 211 g/mol. The molecule has 0 atom stereocenters. The average Bonchev–Trinajstić information content (AvgIpc) is 2.56. The van der Waals surface area contributed by atoms with Crippen molar-refractivity contribution in [1.82, 2.24) is 9.88 Å². The number of carbonyl (C=O) groups is 1. The van der Waals surface area contributed by atoms with Gasteiger partial charge in [-0.3, -0.25) is 4.79 Å². The Hall–Kier alpha value is -0.940. The summed E-state index contributed by atoms with van der Waals surface area (Å²) in [5.74, 6) is 0.104. The second-order valence-corrected chi connectivity index (χ2v) is 4.48. The number of thiazole rings is 1. The number of rotatable bonds is 2. The molecule has 1 aliphatic heterocycles. The Morgan fingerprint density at radius 1 is 1.64 bits per heavy atom. The van der Waals surface area contributed by atoms with E-state index in [2.05, 4.69) is 4.98 Å². The van der Waals surface area contributed by atoms with Gasteiger partial charge >= 0.3 is 0 Å². The smallest absolute Gasteiger partial charge is 0.265 e. The molecule has 0 radical (unpaired) electrons. The summed E-state index contributed by atoms with van der Waals surface area (Å²) in [4.78, 5) is 18.7. The number of nitrogens with two attached hydrogens (primary N) is 1. The van der Waals surface area contributed by atoms with Crippen LogP contribution in [-0.4, -0.2) is 35.9 Å². The van der Waals surface area contributed by atoms with Gasteiger partial charge in [-0.25, -0.2) is 4.98 Å². The largest absolute Gasteiger partial charge is 0.341 e. The first-order valence-electron chi connectivity index (χ1n) is 4.66. The van der Waals surface area contributed by atoms with Crippen LogP contribution >= 0.6 is 11.3 Å². The minimum absolute atomic E-state index is 0.104. The van der Waals surface area contributed by atoms with E-state index in [4.69, 9.17) is 5.73 Å². The van der Waals surface area contributed by atoms with E-state index in [0.717, 1.165) is 35.0 Å². The van der Waals surface area contributed by atoms with Crippen molar-refractivity contribution in [2.24, 2.45) is 5.73 Å². The summed E-state index contributed by atoms with van der Waals surface area (Å²) < 4.78 is 0. The fourth-order valence-corrected chi connectivity index (χ4v) is 2.64. The summed E-state index contributed by atoms with van der Waals surface area (Å²) in [6.45, 7) is 1.37. The molecular weight excluding hydrogens is 198 g/mol. The lowest BCUT2D eigenvalue weighted by Crippen LogP contribution is -2.33. The maximum Gasteiger partial charge on any atom is 0.265 e. The van der Waals surface area contributed by atoms with Gasteiger partial charge in [-0.15, -0.1) is 11.3 Å². The maximum atomic E-state index is 11.7. The Morgan fingerprint density at radius 3 is 3.14 bits per heavy atom. The van der Waals surface area contributed by atoms with Crippen molar-refractivity contribution in [3.63, 3.8) is 0 Å². The maximum absolute atomic E-state index is 11.7. The van der Waals surface area contributed by atoms with Crippen molar-refractivity contribution in [2.75, 3.05) is 20.1 Å². The van der Waals surface area contributed by atoms with Crippen molar-refractivity contribution in [3.8, 4) is 0 Å². The van der Waals surface area contributed by atoms with E-state index in [0.29, 0.717) is 6.54 Å². The van der Waals surface area contributed by atoms with Gasteiger partial charge in [-0.1, -0.05) is 0 Å². The lowest BCUT2D eigenvalue weighted by atomic mass is 10.2. The van der Waals surface area contributed by atoms with Gasteiger partial charge in [0.25, 0.3) is 5.91 Å². The van der Waals surface area contributed by atoms with Crippen LogP contribution in [0.25, 0.3) is 0 Å². The minimum Gasteiger partial charge on any atom is -0.341 e. The molecule has 0 unspecified atom stereocenters. The third-order valence-corrected chi connectivity index (χ3v) is 3.47. The van der Waals surface area contributed by atoms with Crippen LogP contribution in [0.1, 0.15) is 20.4 Å². The summed E-state index contributed by atoms with van der Waals surface area (Å²) in [5, 5.41) is 0.987. The zero-order valence-electron chi connectivity index (χ0n) is 8.12. The Kier molecular flexibility index (Phi) is 2.52. The lowest BCUT2D eigenvalue weighted by molar-refractivity contribution is 0.0785. The number of aromatic nitrogens is 1. The van der Waals surface area contributed by atoms with Crippen LogP contribution in [0.4, 0.5) is 0 Å². The number of hydrogen-bond donors (Lipinski definition) is 1. The standard InChI is InChI=1S/C9H13N3OS/c1-12-5-3-6-8(9(12)13)14-7(11-6)2-4-10/h2-5,10H2,1H3. The third kappa shape index (κ3) is 1.53. The van der Waals surface area contributed by atoms with E-state index in [1.165, 1.54) is 11.3 Å². The first-order valence-corrected chi connectivity index (χ1v) is 5.48. The highest BCUT2D eigenvalue weighted by Crippen LogP contribution is 2.24. The number of fused-ring (bicyclic) bond motifs is 1. The van der Waals surface area contributed by atoms with Gasteiger partial charge in [0.2, 0.25) is 0 Å². The van der Waals surface area contributed by atoms with E-state index in [1.54, 1.807) is 4.90 Å². The summed E-state index contributed by atoms with van der Waals surface area (Å²) in [7, 11) is 1.83. The van der Waals surface area contributed by atoms with Crippen LogP contribution < -0.4 is 5.73 Å². The first kappa shape index (κ1) is 9.61. The highest BCUT2D eigenvalue weighted by Gasteiger charge is 2.25. The van der Waals surface area contributed by atoms with Crippen LogP contribution in [0.15, 0.2) is 0 Å². The van der Waals surface area contributed by atoms with E-state index in [-0.39, 0.29) is 5.91 Å². The Morgan fingerprint density at radius 2 is 2.43 bits per heavy atom. The number of hydrogen-bond acceptors (Lipinski definition) is 4. The predicted octanol–water partition coefficient (Wildman–Crippen LogP) is 0.272. The number of likely N-dealkylation sites (N-methyl/N-ethyl adjacent to an activating group) is 1. The predicted molar refractivity (Wildman–Crippen MR) is 55.5 cm³/mol. The molecule has 0 saturated heterocycles. The number of nitrogens with zero attached hydrogens (tertiary/aromatic N) is 2. The number of carbonyl (C=O) groups excluding carboxylic acids is 1. The third-order valence-electron chi connectivity index (χ3n) is 2.32. The molecule has 5 heteroatoms. The Bertz CT molecular complexity index is 361. The molecule has 1 aromatic rings. The van der Waals surface area contributed by atoms with E-state index in [9.17, 15) is 4.79 Å². The molecule has 76 valence electrons. The van der Waals surface area contributed by atoms with Crippen molar-refractivity contribution in [3.05, 3.63) is 15.6 Å². The van der Waals surface area contributed by atoms with Gasteiger partial charge in [-0.2, -0.15) is 0 Å². The van der Waals surface area contributed by atoms with E-state index >= 15 is 0 Å². The second-order valence-electron chi connectivity index (χ2n) is 3.40. The molecule has 1 aliphatic rings. The fraction of sp³-hybridized carbons (Fsp3) is 0.556. The molecule has 2 heterocycles. The zero-order valence-corrected chi connectivity index (χ0v) is 8.93. The van der Waals surface area contributed by atoms with Crippen LogP contribution in [-0.2, 0) is 12.8 Å². The normalized spacial score (nSPS) is 15.9. The van der Waals surface area contributed by atoms with Crippen molar-refractivity contribution >= 4 is 17.2 Å². The molecule has 1 amide bonds. The van der Waals surface area contributed by atoms with Crippen LogP contribution in [0.2, 0.25) is 0 Å². The fourth-order valence-electron chi connectivity index (χ4n) is 1.52. The summed E-state index contributed by atoms with van der Waals surface area (Å²) >= 11 is 1.49. The van der Waals surface area contributed by atoms with Gasteiger partial charge in [0.15, 0.2) is 0 Å². The molecule has 0 spiro atoms. The number of amides is 1. The zero-order chi connectivity index (χ0) is 10.1. The molecule has 0 aliphatic carbocycles. The van der Waals surface area contributed by atoms with E-state index < -0.39 is 0 Å².